The van der Waals surface area contributed by atoms with Crippen LogP contribution in [0.4, 0.5) is 0 Å². The lowest BCUT2D eigenvalue weighted by Crippen LogP contribution is -2.32. The van der Waals surface area contributed by atoms with E-state index < -0.39 is 5.91 Å². The van der Waals surface area contributed by atoms with Crippen molar-refractivity contribution in [2.24, 2.45) is 17.6 Å². The molecule has 6 nitrogen and oxygen atoms in total. The number of nitrogens with two attached hydrogens (primary N) is 1. The van der Waals surface area contributed by atoms with Gasteiger partial charge in [0.2, 0.25) is 5.91 Å². The lowest BCUT2D eigenvalue weighted by molar-refractivity contribution is 0.0942. The Labute approximate surface area is 188 Å². The Morgan fingerprint density at radius 1 is 0.969 bits per heavy atom. The summed E-state index contributed by atoms with van der Waals surface area (Å²) in [6, 6.07) is 16.5. The molecule has 0 saturated heterocycles. The molecule has 166 valence electrons. The van der Waals surface area contributed by atoms with Crippen molar-refractivity contribution in [3.8, 4) is 11.3 Å². The molecule has 1 aliphatic rings. The minimum absolute atomic E-state index is 0.0896. The molecule has 1 heterocycles. The van der Waals surface area contributed by atoms with Crippen LogP contribution in [0.2, 0.25) is 0 Å². The van der Waals surface area contributed by atoms with E-state index in [4.69, 9.17) is 10.7 Å². The number of primary amides is 1. The van der Waals surface area contributed by atoms with Crippen molar-refractivity contribution in [2.45, 2.75) is 25.7 Å². The van der Waals surface area contributed by atoms with Gasteiger partial charge in [0.1, 0.15) is 0 Å². The number of nitrogens with zero attached hydrogens (tertiary/aromatic N) is 1. The maximum atomic E-state index is 13.2. The number of carbonyl (C=O) groups excluding carboxylic acids is 2. The zero-order valence-electron chi connectivity index (χ0n) is 18.4. The largest absolute Gasteiger partial charge is 0.366 e. The average Bonchev–Trinajstić information content (AvgIpc) is 2.83. The van der Waals surface area contributed by atoms with E-state index in [2.05, 4.69) is 10.6 Å². The second kappa shape index (κ2) is 9.92. The first-order valence-corrected chi connectivity index (χ1v) is 11.3. The zero-order valence-corrected chi connectivity index (χ0v) is 18.4. The molecule has 6 heteroatoms. The first-order valence-electron chi connectivity index (χ1n) is 11.3. The second-order valence-corrected chi connectivity index (χ2v) is 8.67. The Hall–Kier alpha value is -3.25. The van der Waals surface area contributed by atoms with E-state index in [0.29, 0.717) is 29.3 Å². The third kappa shape index (κ3) is 4.97. The molecule has 4 rings (SSSR count). The number of para-hydroxylation sites is 1. The van der Waals surface area contributed by atoms with Crippen LogP contribution in [0.25, 0.3) is 22.2 Å². The number of benzene rings is 2. The van der Waals surface area contributed by atoms with E-state index in [1.165, 1.54) is 12.8 Å². The number of hydrogen-bond acceptors (Lipinski definition) is 4. The van der Waals surface area contributed by atoms with Crippen LogP contribution in [-0.4, -0.2) is 36.9 Å². The number of amides is 2. The molecule has 2 aromatic carbocycles. The predicted octanol–water partition coefficient (Wildman–Crippen LogP) is 3.76. The monoisotopic (exact) mass is 430 g/mol. The summed E-state index contributed by atoms with van der Waals surface area (Å²) in [7, 11) is 2.00. The molecule has 0 unspecified atom stereocenters. The van der Waals surface area contributed by atoms with Crippen molar-refractivity contribution in [2.75, 3.05) is 20.1 Å². The smallest absolute Gasteiger partial charge is 0.252 e. The van der Waals surface area contributed by atoms with Crippen molar-refractivity contribution in [1.29, 1.82) is 0 Å². The summed E-state index contributed by atoms with van der Waals surface area (Å²) in [6.45, 7) is 1.76. The van der Waals surface area contributed by atoms with Crippen molar-refractivity contribution in [3.05, 3.63) is 65.7 Å². The van der Waals surface area contributed by atoms with Gasteiger partial charge < -0.3 is 16.4 Å². The van der Waals surface area contributed by atoms with Gasteiger partial charge in [-0.3, -0.25) is 9.59 Å². The molecule has 0 bridgehead atoms. The summed E-state index contributed by atoms with van der Waals surface area (Å²) in [6.07, 6.45) is 4.71. The van der Waals surface area contributed by atoms with Gasteiger partial charge in [-0.05, 0) is 75.4 Å². The fourth-order valence-corrected chi connectivity index (χ4v) is 4.60. The van der Waals surface area contributed by atoms with Crippen LogP contribution in [0.15, 0.2) is 54.6 Å². The number of aromatic nitrogens is 1. The number of carbonyl (C=O) groups is 2. The highest BCUT2D eigenvalue weighted by atomic mass is 16.2. The molecule has 32 heavy (non-hydrogen) atoms. The summed E-state index contributed by atoms with van der Waals surface area (Å²) in [5.74, 6) is 0.685. The van der Waals surface area contributed by atoms with Crippen molar-refractivity contribution in [1.82, 2.24) is 15.6 Å². The predicted molar refractivity (Wildman–Crippen MR) is 127 cm³/mol. The van der Waals surface area contributed by atoms with Gasteiger partial charge in [0.15, 0.2) is 0 Å². The van der Waals surface area contributed by atoms with E-state index in [-0.39, 0.29) is 5.91 Å². The molecule has 1 saturated carbocycles. The van der Waals surface area contributed by atoms with Gasteiger partial charge in [-0.2, -0.15) is 0 Å². The first kappa shape index (κ1) is 22.0. The van der Waals surface area contributed by atoms with E-state index >= 15 is 0 Å². The van der Waals surface area contributed by atoms with Gasteiger partial charge in [-0.15, -0.1) is 0 Å². The third-order valence-corrected chi connectivity index (χ3v) is 6.41. The van der Waals surface area contributed by atoms with E-state index in [0.717, 1.165) is 41.8 Å². The number of hydrogen-bond donors (Lipinski definition) is 3. The fraction of sp³-hybridized carbons (Fsp3) is 0.346. The van der Waals surface area contributed by atoms with Crippen LogP contribution in [0.1, 0.15) is 46.4 Å². The normalized spacial score (nSPS) is 18.4. The number of fused-ring (bicyclic) bond motifs is 1. The van der Waals surface area contributed by atoms with Gasteiger partial charge in [0, 0.05) is 23.1 Å². The van der Waals surface area contributed by atoms with Crippen molar-refractivity contribution in [3.63, 3.8) is 0 Å². The van der Waals surface area contributed by atoms with Crippen molar-refractivity contribution < 1.29 is 9.59 Å². The summed E-state index contributed by atoms with van der Waals surface area (Å²) in [5, 5.41) is 7.24. The molecule has 1 aliphatic carbocycles. The maximum Gasteiger partial charge on any atom is 0.252 e. The SMILES string of the molecule is CNC[C@H]1CC[C@H](CNC(=O)c2cc(-c3cccc(C(N)=O)c3)nc3ccccc23)CC1. The molecule has 3 aromatic rings. The highest BCUT2D eigenvalue weighted by Gasteiger charge is 2.22. The van der Waals surface area contributed by atoms with E-state index in [1.807, 2.05) is 43.4 Å². The Morgan fingerprint density at radius 2 is 1.69 bits per heavy atom. The van der Waals surface area contributed by atoms with Crippen LogP contribution in [0.3, 0.4) is 0 Å². The standard InChI is InChI=1S/C26H30N4O2/c1-28-15-17-9-11-18(12-10-17)16-29-26(32)22-14-24(30-23-8-3-2-7-21(22)23)19-5-4-6-20(13-19)25(27)31/h2-8,13-14,17-18,28H,9-12,15-16H2,1H3,(H2,27,31)(H,29,32)/t17-,18-. The van der Waals surface area contributed by atoms with Crippen LogP contribution in [-0.2, 0) is 0 Å². The molecule has 2 amide bonds. The minimum atomic E-state index is -0.491. The van der Waals surface area contributed by atoms with Crippen LogP contribution < -0.4 is 16.4 Å². The Kier molecular flexibility index (Phi) is 6.81. The average molecular weight is 431 g/mol. The summed E-state index contributed by atoms with van der Waals surface area (Å²) >= 11 is 0. The van der Waals surface area contributed by atoms with Crippen LogP contribution >= 0.6 is 0 Å². The number of rotatable bonds is 7. The summed E-state index contributed by atoms with van der Waals surface area (Å²) < 4.78 is 0. The van der Waals surface area contributed by atoms with Crippen LogP contribution in [0.5, 0.6) is 0 Å². The number of pyridine rings is 1. The molecule has 0 aliphatic heterocycles. The Balaban J connectivity index is 1.56. The molecule has 0 atom stereocenters. The molecule has 0 radical (unpaired) electrons. The molecule has 1 fully saturated rings. The third-order valence-electron chi connectivity index (χ3n) is 6.41. The summed E-state index contributed by atoms with van der Waals surface area (Å²) in [5.41, 5.74) is 8.59. The lowest BCUT2D eigenvalue weighted by atomic mass is 9.82. The highest BCUT2D eigenvalue weighted by Crippen LogP contribution is 2.29. The molecule has 4 N–H and O–H groups in total. The highest BCUT2D eigenvalue weighted by molar-refractivity contribution is 6.07. The Morgan fingerprint density at radius 3 is 2.41 bits per heavy atom. The van der Waals surface area contributed by atoms with Gasteiger partial charge >= 0.3 is 0 Å². The lowest BCUT2D eigenvalue weighted by Gasteiger charge is -2.28. The van der Waals surface area contributed by atoms with E-state index in [1.54, 1.807) is 18.2 Å². The fourth-order valence-electron chi connectivity index (χ4n) is 4.60. The van der Waals surface area contributed by atoms with E-state index in [9.17, 15) is 9.59 Å². The zero-order chi connectivity index (χ0) is 22.5. The maximum absolute atomic E-state index is 13.2. The molecule has 0 spiro atoms. The van der Waals surface area contributed by atoms with Crippen LogP contribution in [0, 0.1) is 11.8 Å². The molecular weight excluding hydrogens is 400 g/mol. The van der Waals surface area contributed by atoms with Gasteiger partial charge in [-0.25, -0.2) is 4.98 Å². The molecular formula is C26H30N4O2. The molecule has 1 aromatic heterocycles. The number of nitrogens with one attached hydrogen (secondary N) is 2. The first-order chi connectivity index (χ1) is 15.5. The van der Waals surface area contributed by atoms with Gasteiger partial charge in [0.05, 0.1) is 16.8 Å². The van der Waals surface area contributed by atoms with Crippen molar-refractivity contribution >= 4 is 22.7 Å². The second-order valence-electron chi connectivity index (χ2n) is 8.67. The van der Waals surface area contributed by atoms with Gasteiger partial charge in [-0.1, -0.05) is 30.3 Å². The Bertz CT molecular complexity index is 1120. The topological polar surface area (TPSA) is 97.1 Å². The summed E-state index contributed by atoms with van der Waals surface area (Å²) in [4.78, 5) is 29.5. The van der Waals surface area contributed by atoms with Gasteiger partial charge in [0.25, 0.3) is 5.91 Å². The quantitative estimate of drug-likeness (QED) is 0.532. The minimum Gasteiger partial charge on any atom is -0.366 e.